The maximum atomic E-state index is 13.4. The normalized spacial score (nSPS) is 16.2. The Hall–Kier alpha value is -2.53. The molecule has 0 saturated carbocycles. The first-order chi connectivity index (χ1) is 16.1. The smallest absolute Gasteiger partial charge is 0.415 e. The van der Waals surface area contributed by atoms with Crippen LogP contribution in [0.3, 0.4) is 0 Å². The van der Waals surface area contributed by atoms with Crippen molar-refractivity contribution >= 4 is 25.9 Å². The number of hydrogen-bond donors (Lipinski definition) is 0. The Morgan fingerprint density at radius 1 is 0.853 bits per heavy atom. The zero-order chi connectivity index (χ0) is 25.0. The van der Waals surface area contributed by atoms with Crippen molar-refractivity contribution < 1.29 is 14.0 Å². The van der Waals surface area contributed by atoms with E-state index in [1.54, 1.807) is 4.90 Å². The summed E-state index contributed by atoms with van der Waals surface area (Å²) in [5.74, 6) is 1.12. The first-order valence-corrected chi connectivity index (χ1v) is 14.7. The molecule has 1 heterocycles. The Morgan fingerprint density at radius 3 is 1.97 bits per heavy atom. The van der Waals surface area contributed by atoms with E-state index >= 15 is 0 Å². The van der Waals surface area contributed by atoms with Gasteiger partial charge in [0.25, 0.3) is 8.32 Å². The molecule has 1 unspecified atom stereocenters. The molecule has 1 amide bonds. The van der Waals surface area contributed by atoms with E-state index in [0.717, 1.165) is 22.6 Å². The standard InChI is InChI=1S/C29H41NO3Si/c1-20(2)27-18-28(33-34(21(3)4,22(5)6)23(7)8)25-16-12-13-17-26(25)30(27)29(31)32-19-24-14-10-9-11-15-24/h9-18,20-23,27H,19H2,1-8H3. The van der Waals surface area contributed by atoms with E-state index in [4.69, 9.17) is 9.16 Å². The van der Waals surface area contributed by atoms with Gasteiger partial charge in [0.05, 0.1) is 11.7 Å². The molecule has 0 spiro atoms. The van der Waals surface area contributed by atoms with Crippen molar-refractivity contribution in [2.75, 3.05) is 4.90 Å². The minimum Gasteiger partial charge on any atom is -0.542 e. The Morgan fingerprint density at radius 2 is 1.41 bits per heavy atom. The summed E-state index contributed by atoms with van der Waals surface area (Å²) in [6.07, 6.45) is 1.83. The van der Waals surface area contributed by atoms with Gasteiger partial charge in [-0.2, -0.15) is 0 Å². The van der Waals surface area contributed by atoms with Gasteiger partial charge >= 0.3 is 6.09 Å². The molecule has 0 radical (unpaired) electrons. The van der Waals surface area contributed by atoms with E-state index in [9.17, 15) is 4.79 Å². The molecule has 1 atom stereocenters. The Balaban J connectivity index is 2.01. The van der Waals surface area contributed by atoms with Crippen LogP contribution in [-0.2, 0) is 15.8 Å². The number of ether oxygens (including phenoxy) is 1. The topological polar surface area (TPSA) is 38.8 Å². The van der Waals surface area contributed by atoms with Crippen molar-refractivity contribution in [3.05, 3.63) is 71.8 Å². The number of fused-ring (bicyclic) bond motifs is 1. The van der Waals surface area contributed by atoms with E-state index in [-0.39, 0.29) is 24.7 Å². The van der Waals surface area contributed by atoms with Gasteiger partial charge in [0.2, 0.25) is 0 Å². The van der Waals surface area contributed by atoms with Crippen molar-refractivity contribution in [3.63, 3.8) is 0 Å². The third-order valence-corrected chi connectivity index (χ3v) is 13.1. The minimum atomic E-state index is -2.16. The zero-order valence-corrected chi connectivity index (χ0v) is 23.0. The lowest BCUT2D eigenvalue weighted by atomic mass is 9.94. The molecule has 3 rings (SSSR count). The molecule has 4 nitrogen and oxygen atoms in total. The molecular weight excluding hydrogens is 438 g/mol. The van der Waals surface area contributed by atoms with Gasteiger partial charge in [-0.05, 0) is 46.3 Å². The third-order valence-electron chi connectivity index (χ3n) is 7.13. The summed E-state index contributed by atoms with van der Waals surface area (Å²) in [7, 11) is -2.16. The summed E-state index contributed by atoms with van der Waals surface area (Å²) in [4.78, 5) is 15.2. The second-order valence-corrected chi connectivity index (χ2v) is 16.0. The quantitative estimate of drug-likeness (QED) is 0.357. The fourth-order valence-electron chi connectivity index (χ4n) is 5.50. The largest absolute Gasteiger partial charge is 0.542 e. The minimum absolute atomic E-state index is 0.147. The van der Waals surface area contributed by atoms with E-state index in [0.29, 0.717) is 16.6 Å². The van der Waals surface area contributed by atoms with Crippen LogP contribution in [0.4, 0.5) is 10.5 Å². The van der Waals surface area contributed by atoms with Crippen LogP contribution in [0, 0.1) is 5.92 Å². The highest BCUT2D eigenvalue weighted by Gasteiger charge is 2.48. The summed E-state index contributed by atoms with van der Waals surface area (Å²) in [6, 6.07) is 17.7. The number of para-hydroxylation sites is 1. The predicted octanol–water partition coefficient (Wildman–Crippen LogP) is 8.40. The third kappa shape index (κ3) is 5.09. The van der Waals surface area contributed by atoms with Crippen LogP contribution in [0.15, 0.2) is 60.7 Å². The Kier molecular flexibility index (Phi) is 8.29. The number of carbonyl (C=O) groups is 1. The summed E-state index contributed by atoms with van der Waals surface area (Å²) in [5.41, 5.74) is 4.19. The summed E-state index contributed by atoms with van der Waals surface area (Å²) < 4.78 is 12.9. The molecule has 0 fully saturated rings. The zero-order valence-electron chi connectivity index (χ0n) is 22.0. The van der Waals surface area contributed by atoms with Gasteiger partial charge in [-0.15, -0.1) is 0 Å². The molecule has 0 bridgehead atoms. The van der Waals surface area contributed by atoms with Crippen molar-refractivity contribution in [3.8, 4) is 0 Å². The van der Waals surface area contributed by atoms with Crippen molar-refractivity contribution in [2.45, 2.75) is 84.7 Å². The number of nitrogens with zero attached hydrogens (tertiary/aromatic N) is 1. The summed E-state index contributed by atoms with van der Waals surface area (Å²) in [5, 5.41) is 0. The number of rotatable bonds is 8. The number of anilines is 1. The van der Waals surface area contributed by atoms with Gasteiger partial charge in [0, 0.05) is 5.56 Å². The van der Waals surface area contributed by atoms with Crippen LogP contribution in [0.2, 0.25) is 16.6 Å². The summed E-state index contributed by atoms with van der Waals surface area (Å²) in [6.45, 7) is 18.3. The van der Waals surface area contributed by atoms with Crippen LogP contribution < -0.4 is 4.90 Å². The van der Waals surface area contributed by atoms with Crippen LogP contribution >= 0.6 is 0 Å². The molecule has 0 aliphatic carbocycles. The second kappa shape index (κ2) is 10.8. The summed E-state index contributed by atoms with van der Waals surface area (Å²) >= 11 is 0. The highest BCUT2D eigenvalue weighted by molar-refractivity contribution is 6.78. The van der Waals surface area contributed by atoms with Gasteiger partial charge in [-0.25, -0.2) is 4.79 Å². The van der Waals surface area contributed by atoms with Gasteiger partial charge in [0.1, 0.15) is 12.4 Å². The Labute approximate surface area is 207 Å². The molecule has 34 heavy (non-hydrogen) atoms. The van der Waals surface area contributed by atoms with Crippen molar-refractivity contribution in [1.29, 1.82) is 0 Å². The van der Waals surface area contributed by atoms with Crippen LogP contribution in [-0.4, -0.2) is 20.5 Å². The number of carbonyl (C=O) groups excluding carboxylic acids is 1. The molecule has 5 heteroatoms. The van der Waals surface area contributed by atoms with Crippen molar-refractivity contribution in [2.24, 2.45) is 5.92 Å². The highest BCUT2D eigenvalue weighted by Crippen LogP contribution is 2.47. The van der Waals surface area contributed by atoms with E-state index in [1.165, 1.54) is 0 Å². The average Bonchev–Trinajstić information content (AvgIpc) is 2.80. The lowest BCUT2D eigenvalue weighted by molar-refractivity contribution is 0.144. The predicted molar refractivity (Wildman–Crippen MR) is 144 cm³/mol. The molecule has 184 valence electrons. The van der Waals surface area contributed by atoms with E-state index < -0.39 is 8.32 Å². The molecule has 0 saturated heterocycles. The molecule has 0 aromatic heterocycles. The lowest BCUT2D eigenvalue weighted by Crippen LogP contribution is -2.49. The van der Waals surface area contributed by atoms with Crippen LogP contribution in [0.5, 0.6) is 0 Å². The number of hydrogen-bond acceptors (Lipinski definition) is 3. The molecule has 1 aliphatic rings. The van der Waals surface area contributed by atoms with Crippen LogP contribution in [0.25, 0.3) is 5.76 Å². The molecule has 2 aromatic rings. The van der Waals surface area contributed by atoms with Gasteiger partial charge in [0.15, 0.2) is 0 Å². The highest BCUT2D eigenvalue weighted by atomic mass is 28.4. The van der Waals surface area contributed by atoms with Gasteiger partial charge in [-0.1, -0.05) is 97.9 Å². The molecule has 2 aromatic carbocycles. The first-order valence-electron chi connectivity index (χ1n) is 12.6. The fraction of sp³-hybridized carbons (Fsp3) is 0.483. The molecule has 0 N–H and O–H groups in total. The van der Waals surface area contributed by atoms with Gasteiger partial charge < -0.3 is 9.16 Å². The fourth-order valence-corrected chi connectivity index (χ4v) is 10.8. The SMILES string of the molecule is CC(C)C1C=C(O[Si](C(C)C)(C(C)C)C(C)C)c2ccccc2N1C(=O)OCc1ccccc1. The second-order valence-electron chi connectivity index (χ2n) is 10.6. The first kappa shape index (κ1) is 26.1. The van der Waals surface area contributed by atoms with E-state index in [2.05, 4.69) is 67.5 Å². The van der Waals surface area contributed by atoms with Crippen LogP contribution in [0.1, 0.15) is 66.5 Å². The maximum Gasteiger partial charge on any atom is 0.415 e. The van der Waals surface area contributed by atoms with Crippen molar-refractivity contribution in [1.82, 2.24) is 0 Å². The average molecular weight is 480 g/mol. The number of amides is 1. The molecular formula is C29H41NO3Si. The van der Waals surface area contributed by atoms with Gasteiger partial charge in [-0.3, -0.25) is 4.90 Å². The van der Waals surface area contributed by atoms with E-state index in [1.807, 2.05) is 48.5 Å². The number of benzene rings is 2. The Bertz CT molecular complexity index is 976. The molecule has 1 aliphatic heterocycles. The monoisotopic (exact) mass is 479 g/mol. The maximum absolute atomic E-state index is 13.4. The lowest BCUT2D eigenvalue weighted by Gasteiger charge is -2.45.